The van der Waals surface area contributed by atoms with Crippen LogP contribution >= 0.6 is 24.8 Å². The fraction of sp³-hybridized carbons (Fsp3) is 0.733. The number of likely N-dealkylation sites (tertiary alicyclic amines) is 1. The van der Waals surface area contributed by atoms with Crippen molar-refractivity contribution in [2.24, 2.45) is 11.3 Å². The standard InChI is InChI=1S/C15H21N3O3.2ClH/c1-20-14(19)15-9-17(6-11(15)8-21-10-15)7-13-16-4-5-18(13)12-2-3-12;;/h4-5,11-12H,2-3,6-10H2,1H3;2*1H/t11-,15-;;/m0../s1. The second-order valence-corrected chi connectivity index (χ2v) is 6.51. The summed E-state index contributed by atoms with van der Waals surface area (Å²) in [4.78, 5) is 19.0. The van der Waals surface area contributed by atoms with Crippen molar-refractivity contribution in [3.8, 4) is 0 Å². The monoisotopic (exact) mass is 363 g/mol. The molecule has 1 aliphatic carbocycles. The summed E-state index contributed by atoms with van der Waals surface area (Å²) in [6, 6.07) is 0.641. The minimum Gasteiger partial charge on any atom is -0.468 e. The molecular formula is C15H23Cl2N3O3. The number of aromatic nitrogens is 2. The summed E-state index contributed by atoms with van der Waals surface area (Å²) < 4.78 is 12.9. The van der Waals surface area contributed by atoms with Crippen LogP contribution in [0.2, 0.25) is 0 Å². The third kappa shape index (κ3) is 3.09. The Bertz CT molecular complexity index is 564. The van der Waals surface area contributed by atoms with Gasteiger partial charge in [0.25, 0.3) is 0 Å². The van der Waals surface area contributed by atoms with Crippen molar-refractivity contribution < 1.29 is 14.3 Å². The second kappa shape index (κ2) is 6.97. The van der Waals surface area contributed by atoms with Gasteiger partial charge >= 0.3 is 5.97 Å². The van der Waals surface area contributed by atoms with Gasteiger partial charge in [-0.05, 0) is 12.8 Å². The smallest absolute Gasteiger partial charge is 0.315 e. The number of rotatable bonds is 4. The Labute approximate surface area is 148 Å². The van der Waals surface area contributed by atoms with Crippen LogP contribution < -0.4 is 0 Å². The van der Waals surface area contributed by atoms with E-state index in [1.54, 1.807) is 0 Å². The Morgan fingerprint density at radius 3 is 2.96 bits per heavy atom. The molecular weight excluding hydrogens is 341 g/mol. The first kappa shape index (κ1) is 18.5. The average Bonchev–Trinajstić information content (AvgIpc) is 2.93. The summed E-state index contributed by atoms with van der Waals surface area (Å²) in [5.41, 5.74) is -0.467. The minimum absolute atomic E-state index is 0. The highest BCUT2D eigenvalue weighted by Crippen LogP contribution is 2.43. The SMILES string of the molecule is COC(=O)[C@@]12COC[C@@H]1CN(Cc1nccn1C1CC1)C2.Cl.Cl. The van der Waals surface area contributed by atoms with Crippen LogP contribution in [0.25, 0.3) is 0 Å². The van der Waals surface area contributed by atoms with E-state index in [9.17, 15) is 4.79 Å². The van der Waals surface area contributed by atoms with E-state index in [2.05, 4.69) is 20.6 Å². The number of nitrogens with zero attached hydrogens (tertiary/aromatic N) is 3. The van der Waals surface area contributed by atoms with Crippen LogP contribution in [0.5, 0.6) is 0 Å². The summed E-state index contributed by atoms with van der Waals surface area (Å²) in [5.74, 6) is 1.23. The van der Waals surface area contributed by atoms with Gasteiger partial charge in [0, 0.05) is 37.4 Å². The van der Waals surface area contributed by atoms with E-state index in [0.717, 1.165) is 18.9 Å². The number of methoxy groups -OCH3 is 1. The number of carbonyl (C=O) groups is 1. The van der Waals surface area contributed by atoms with Gasteiger partial charge in [-0.2, -0.15) is 0 Å². The van der Waals surface area contributed by atoms with Crippen LogP contribution in [0.15, 0.2) is 12.4 Å². The van der Waals surface area contributed by atoms with E-state index >= 15 is 0 Å². The molecule has 6 nitrogen and oxygen atoms in total. The van der Waals surface area contributed by atoms with Gasteiger partial charge in [-0.15, -0.1) is 24.8 Å². The number of carbonyl (C=O) groups excluding carboxylic acids is 1. The molecule has 0 spiro atoms. The molecule has 130 valence electrons. The summed E-state index contributed by atoms with van der Waals surface area (Å²) in [5, 5.41) is 0. The topological polar surface area (TPSA) is 56.6 Å². The Balaban J connectivity index is 0.000000960. The first-order valence-corrected chi connectivity index (χ1v) is 7.63. The first-order chi connectivity index (χ1) is 10.2. The Morgan fingerprint density at radius 1 is 1.48 bits per heavy atom. The number of esters is 1. The van der Waals surface area contributed by atoms with Crippen molar-refractivity contribution >= 4 is 30.8 Å². The lowest BCUT2D eigenvalue weighted by molar-refractivity contribution is -0.153. The fourth-order valence-corrected chi connectivity index (χ4v) is 3.80. The van der Waals surface area contributed by atoms with E-state index < -0.39 is 5.41 Å². The van der Waals surface area contributed by atoms with Crippen molar-refractivity contribution in [2.75, 3.05) is 33.4 Å². The van der Waals surface area contributed by atoms with Gasteiger partial charge in [0.2, 0.25) is 0 Å². The predicted molar refractivity (Wildman–Crippen MR) is 89.0 cm³/mol. The summed E-state index contributed by atoms with van der Waals surface area (Å²) in [6.07, 6.45) is 6.46. The molecule has 1 saturated carbocycles. The molecule has 0 radical (unpaired) electrons. The van der Waals surface area contributed by atoms with Crippen molar-refractivity contribution in [1.29, 1.82) is 0 Å². The van der Waals surface area contributed by atoms with E-state index in [1.807, 2.05) is 6.20 Å². The van der Waals surface area contributed by atoms with Crippen molar-refractivity contribution in [2.45, 2.75) is 25.4 Å². The molecule has 0 unspecified atom stereocenters. The number of imidazole rings is 1. The molecule has 8 heteroatoms. The maximum absolute atomic E-state index is 12.2. The Morgan fingerprint density at radius 2 is 2.26 bits per heavy atom. The molecule has 0 N–H and O–H groups in total. The highest BCUT2D eigenvalue weighted by Gasteiger charge is 2.56. The number of fused-ring (bicyclic) bond motifs is 1. The van der Waals surface area contributed by atoms with Gasteiger partial charge in [0.05, 0.1) is 26.9 Å². The van der Waals surface area contributed by atoms with Crippen molar-refractivity contribution in [3.63, 3.8) is 0 Å². The second-order valence-electron chi connectivity index (χ2n) is 6.51. The lowest BCUT2D eigenvalue weighted by atomic mass is 9.81. The lowest BCUT2D eigenvalue weighted by Crippen LogP contribution is -2.40. The zero-order valence-corrected chi connectivity index (χ0v) is 14.8. The molecule has 2 saturated heterocycles. The fourth-order valence-electron chi connectivity index (χ4n) is 3.80. The highest BCUT2D eigenvalue weighted by atomic mass is 35.5. The number of halogens is 2. The molecule has 2 atom stereocenters. The van der Waals surface area contributed by atoms with Crippen LogP contribution in [0, 0.1) is 11.3 Å². The van der Waals surface area contributed by atoms with E-state index in [0.29, 0.717) is 25.8 Å². The zero-order chi connectivity index (χ0) is 14.4. The van der Waals surface area contributed by atoms with Crippen LogP contribution in [0.1, 0.15) is 24.7 Å². The maximum Gasteiger partial charge on any atom is 0.315 e. The third-order valence-electron chi connectivity index (χ3n) is 5.09. The summed E-state index contributed by atoms with van der Waals surface area (Å²) in [7, 11) is 1.47. The normalized spacial score (nSPS) is 29.5. The van der Waals surface area contributed by atoms with E-state index in [4.69, 9.17) is 9.47 Å². The van der Waals surface area contributed by atoms with Gasteiger partial charge in [0.15, 0.2) is 0 Å². The molecule has 4 rings (SSSR count). The molecule has 3 heterocycles. The largest absolute Gasteiger partial charge is 0.468 e. The van der Waals surface area contributed by atoms with Crippen molar-refractivity contribution in [1.82, 2.24) is 14.5 Å². The summed E-state index contributed by atoms with van der Waals surface area (Å²) in [6.45, 7) is 3.54. The van der Waals surface area contributed by atoms with Crippen LogP contribution in [-0.4, -0.2) is 53.8 Å². The van der Waals surface area contributed by atoms with Crippen LogP contribution in [-0.2, 0) is 20.8 Å². The number of hydrogen-bond acceptors (Lipinski definition) is 5. The Kier molecular flexibility index (Phi) is 5.61. The van der Waals surface area contributed by atoms with Gasteiger partial charge in [0.1, 0.15) is 11.2 Å². The van der Waals surface area contributed by atoms with Gasteiger partial charge in [-0.3, -0.25) is 9.69 Å². The number of ether oxygens (including phenoxy) is 2. The minimum atomic E-state index is -0.467. The van der Waals surface area contributed by atoms with Crippen LogP contribution in [0.3, 0.4) is 0 Å². The van der Waals surface area contributed by atoms with Gasteiger partial charge in [-0.25, -0.2) is 4.98 Å². The van der Waals surface area contributed by atoms with Gasteiger partial charge in [-0.1, -0.05) is 0 Å². The molecule has 0 aromatic carbocycles. The Hall–Kier alpha value is -0.820. The van der Waals surface area contributed by atoms with Gasteiger partial charge < -0.3 is 14.0 Å². The van der Waals surface area contributed by atoms with E-state index in [1.165, 1.54) is 20.0 Å². The average molecular weight is 364 g/mol. The van der Waals surface area contributed by atoms with E-state index in [-0.39, 0.29) is 36.7 Å². The quantitative estimate of drug-likeness (QED) is 0.761. The molecule has 2 aliphatic heterocycles. The third-order valence-corrected chi connectivity index (χ3v) is 5.09. The molecule has 1 aromatic rings. The van der Waals surface area contributed by atoms with Crippen LogP contribution in [0.4, 0.5) is 0 Å². The highest BCUT2D eigenvalue weighted by molar-refractivity contribution is 5.85. The zero-order valence-electron chi connectivity index (χ0n) is 13.1. The summed E-state index contributed by atoms with van der Waals surface area (Å²) >= 11 is 0. The molecule has 3 fully saturated rings. The maximum atomic E-state index is 12.2. The molecule has 3 aliphatic rings. The molecule has 0 bridgehead atoms. The first-order valence-electron chi connectivity index (χ1n) is 7.63. The molecule has 23 heavy (non-hydrogen) atoms. The molecule has 0 amide bonds. The molecule has 1 aromatic heterocycles. The number of hydrogen-bond donors (Lipinski definition) is 0. The predicted octanol–water partition coefficient (Wildman–Crippen LogP) is 1.68. The van der Waals surface area contributed by atoms with Crippen molar-refractivity contribution in [3.05, 3.63) is 18.2 Å². The lowest BCUT2D eigenvalue weighted by Gasteiger charge is -2.24.